The fourth-order valence-corrected chi connectivity index (χ4v) is 7.33. The summed E-state index contributed by atoms with van der Waals surface area (Å²) in [5.41, 5.74) is 4.01. The lowest BCUT2D eigenvalue weighted by atomic mass is 9.87. The normalized spacial score (nSPS) is 19.1. The molecule has 3 aromatic rings. The molecule has 1 aliphatic heterocycles. The van der Waals surface area contributed by atoms with Crippen molar-refractivity contribution in [2.24, 2.45) is 0 Å². The van der Waals surface area contributed by atoms with Gasteiger partial charge >= 0.3 is 0 Å². The van der Waals surface area contributed by atoms with Gasteiger partial charge in [0, 0.05) is 23.5 Å². The first kappa shape index (κ1) is 22.3. The zero-order chi connectivity index (χ0) is 22.8. The van der Waals surface area contributed by atoms with E-state index < -0.39 is 10.0 Å². The molecule has 0 saturated carbocycles. The van der Waals surface area contributed by atoms with E-state index in [-0.39, 0.29) is 11.9 Å². The van der Waals surface area contributed by atoms with Crippen LogP contribution in [-0.2, 0) is 21.2 Å². The van der Waals surface area contributed by atoms with Gasteiger partial charge in [-0.05, 0) is 60.2 Å². The minimum Gasteiger partial charge on any atom is -0.379 e. The molecule has 1 aromatic heterocycles. The predicted octanol–water partition coefficient (Wildman–Crippen LogP) is 4.24. The van der Waals surface area contributed by atoms with E-state index in [4.69, 9.17) is 4.74 Å². The van der Waals surface area contributed by atoms with E-state index in [1.54, 1.807) is 18.2 Å². The van der Waals surface area contributed by atoms with Crippen LogP contribution >= 0.6 is 11.3 Å². The molecule has 0 bridgehead atoms. The van der Waals surface area contributed by atoms with Crippen LogP contribution in [0.15, 0.2) is 64.9 Å². The number of rotatable bonds is 5. The number of nitrogens with zero attached hydrogens (tertiary/aromatic N) is 1. The van der Waals surface area contributed by atoms with Crippen LogP contribution in [-0.4, -0.2) is 44.9 Å². The van der Waals surface area contributed by atoms with Crippen LogP contribution in [0, 0.1) is 0 Å². The number of sulfonamides is 1. The fraction of sp³-hybridized carbons (Fsp3) is 0.320. The number of ether oxygens (including phenoxy) is 1. The molecule has 0 radical (unpaired) electrons. The quantitative estimate of drug-likeness (QED) is 0.590. The highest BCUT2D eigenvalue weighted by atomic mass is 32.2. The first-order valence-electron chi connectivity index (χ1n) is 11.2. The van der Waals surface area contributed by atoms with Gasteiger partial charge in [0.1, 0.15) is 4.21 Å². The summed E-state index contributed by atoms with van der Waals surface area (Å²) in [6.07, 6.45) is 3.06. The molecule has 2 heterocycles. The van der Waals surface area contributed by atoms with Crippen molar-refractivity contribution in [3.8, 4) is 10.4 Å². The molecule has 1 saturated heterocycles. The van der Waals surface area contributed by atoms with Crippen molar-refractivity contribution in [2.45, 2.75) is 29.5 Å². The predicted molar refractivity (Wildman–Crippen MR) is 129 cm³/mol. The topological polar surface area (TPSA) is 75.7 Å². The SMILES string of the molecule is O=C(NC1CCCc2ccccc21)c1ccc(-c2ccc(S(=O)(=O)N3CCOCC3)s2)cc1. The lowest BCUT2D eigenvalue weighted by molar-refractivity contribution is 0.0731. The molecule has 5 rings (SSSR count). The van der Waals surface area contributed by atoms with E-state index in [1.807, 2.05) is 30.3 Å². The summed E-state index contributed by atoms with van der Waals surface area (Å²) in [6, 6.07) is 19.2. The molecule has 2 aromatic carbocycles. The molecule has 1 N–H and O–H groups in total. The first-order valence-corrected chi connectivity index (χ1v) is 13.4. The van der Waals surface area contributed by atoms with Gasteiger partial charge in [-0.15, -0.1) is 11.3 Å². The van der Waals surface area contributed by atoms with E-state index in [9.17, 15) is 13.2 Å². The van der Waals surface area contributed by atoms with Crippen molar-refractivity contribution in [3.63, 3.8) is 0 Å². The largest absolute Gasteiger partial charge is 0.379 e. The van der Waals surface area contributed by atoms with Crippen LogP contribution < -0.4 is 5.32 Å². The van der Waals surface area contributed by atoms with E-state index in [2.05, 4.69) is 17.4 Å². The average molecular weight is 483 g/mol. The first-order chi connectivity index (χ1) is 16.0. The summed E-state index contributed by atoms with van der Waals surface area (Å²) in [4.78, 5) is 13.7. The maximum absolute atomic E-state index is 12.9. The van der Waals surface area contributed by atoms with Gasteiger partial charge in [0.25, 0.3) is 15.9 Å². The number of carbonyl (C=O) groups excluding carboxylic acids is 1. The number of carbonyl (C=O) groups is 1. The van der Waals surface area contributed by atoms with Gasteiger partial charge in [-0.25, -0.2) is 8.42 Å². The highest BCUT2D eigenvalue weighted by Gasteiger charge is 2.28. The number of amides is 1. The molecule has 172 valence electrons. The third-order valence-corrected chi connectivity index (χ3v) is 9.75. The van der Waals surface area contributed by atoms with Crippen LogP contribution in [0.3, 0.4) is 0 Å². The Hall–Kier alpha value is -2.52. The summed E-state index contributed by atoms with van der Waals surface area (Å²) in [5.74, 6) is -0.0926. The number of morpholine rings is 1. The van der Waals surface area contributed by atoms with Gasteiger partial charge in [-0.2, -0.15) is 4.31 Å². The smallest absolute Gasteiger partial charge is 0.252 e. The molecular formula is C25H26N2O4S2. The number of fused-ring (bicyclic) bond motifs is 1. The van der Waals surface area contributed by atoms with Gasteiger partial charge in [-0.3, -0.25) is 4.79 Å². The van der Waals surface area contributed by atoms with Crippen molar-refractivity contribution in [2.75, 3.05) is 26.3 Å². The van der Waals surface area contributed by atoms with Gasteiger partial charge < -0.3 is 10.1 Å². The minimum atomic E-state index is -3.50. The van der Waals surface area contributed by atoms with Crippen molar-refractivity contribution >= 4 is 27.3 Å². The molecule has 2 aliphatic rings. The number of nitrogens with one attached hydrogen (secondary N) is 1. The summed E-state index contributed by atoms with van der Waals surface area (Å²) in [6.45, 7) is 1.61. The van der Waals surface area contributed by atoms with Crippen molar-refractivity contribution < 1.29 is 17.9 Å². The van der Waals surface area contributed by atoms with Gasteiger partial charge in [-0.1, -0.05) is 36.4 Å². The number of hydrogen-bond donors (Lipinski definition) is 1. The molecule has 1 aliphatic carbocycles. The molecule has 33 heavy (non-hydrogen) atoms. The van der Waals surface area contributed by atoms with Crippen molar-refractivity contribution in [1.82, 2.24) is 9.62 Å². The fourth-order valence-electron chi connectivity index (χ4n) is 4.46. The van der Waals surface area contributed by atoms with E-state index in [0.717, 1.165) is 29.7 Å². The molecule has 0 spiro atoms. The molecule has 1 amide bonds. The highest BCUT2D eigenvalue weighted by molar-refractivity contribution is 7.91. The van der Waals surface area contributed by atoms with Crippen molar-refractivity contribution in [1.29, 1.82) is 0 Å². The standard InChI is InChI=1S/C25H26N2O4S2/c28-25(26-22-7-3-5-18-4-1-2-6-21(18)22)20-10-8-19(9-11-20)23-12-13-24(32-23)33(29,30)27-14-16-31-17-15-27/h1-2,4,6,8-13,22H,3,5,7,14-17H2,(H,26,28). The Kier molecular flexibility index (Phi) is 6.34. The maximum atomic E-state index is 12.9. The Labute approximate surface area is 198 Å². The van der Waals surface area contributed by atoms with Crippen LogP contribution in [0.1, 0.15) is 40.4 Å². The monoisotopic (exact) mass is 482 g/mol. The lowest BCUT2D eigenvalue weighted by Gasteiger charge is -2.26. The third kappa shape index (κ3) is 4.61. The number of hydrogen-bond acceptors (Lipinski definition) is 5. The van der Waals surface area contributed by atoms with E-state index in [1.165, 1.54) is 26.8 Å². The van der Waals surface area contributed by atoms with Gasteiger partial charge in [0.15, 0.2) is 0 Å². The maximum Gasteiger partial charge on any atom is 0.252 e. The number of aryl methyl sites for hydroxylation is 1. The molecule has 8 heteroatoms. The van der Waals surface area contributed by atoms with Gasteiger partial charge in [0.05, 0.1) is 19.3 Å². The zero-order valence-corrected chi connectivity index (χ0v) is 19.8. The third-order valence-electron chi connectivity index (χ3n) is 6.25. The number of thiophene rings is 1. The second-order valence-corrected chi connectivity index (χ2v) is 11.6. The molecule has 1 fully saturated rings. The molecule has 1 unspecified atom stereocenters. The second-order valence-electron chi connectivity index (χ2n) is 8.33. The van der Waals surface area contributed by atoms with Crippen LogP contribution in [0.25, 0.3) is 10.4 Å². The number of benzene rings is 2. The summed E-state index contributed by atoms with van der Waals surface area (Å²) >= 11 is 1.25. The Morgan fingerprint density at radius 1 is 1.00 bits per heavy atom. The minimum absolute atomic E-state index is 0.0346. The van der Waals surface area contributed by atoms with Crippen LogP contribution in [0.2, 0.25) is 0 Å². The Bertz CT molecular complexity index is 1250. The van der Waals surface area contributed by atoms with Crippen LogP contribution in [0.5, 0.6) is 0 Å². The van der Waals surface area contributed by atoms with E-state index >= 15 is 0 Å². The highest BCUT2D eigenvalue weighted by Crippen LogP contribution is 2.33. The average Bonchev–Trinajstić information content (AvgIpc) is 3.36. The van der Waals surface area contributed by atoms with Gasteiger partial charge in [0.2, 0.25) is 0 Å². The molecular weight excluding hydrogens is 456 g/mol. The summed E-state index contributed by atoms with van der Waals surface area (Å²) in [7, 11) is -3.50. The molecule has 1 atom stereocenters. The summed E-state index contributed by atoms with van der Waals surface area (Å²) in [5, 5.41) is 3.18. The summed E-state index contributed by atoms with van der Waals surface area (Å²) < 4.78 is 32.8. The Morgan fingerprint density at radius 3 is 2.55 bits per heavy atom. The van der Waals surface area contributed by atoms with Crippen LogP contribution in [0.4, 0.5) is 0 Å². The molecule has 6 nitrogen and oxygen atoms in total. The Morgan fingerprint density at radius 2 is 1.76 bits per heavy atom. The second kappa shape index (κ2) is 9.38. The zero-order valence-electron chi connectivity index (χ0n) is 18.2. The Balaban J connectivity index is 1.29. The van der Waals surface area contributed by atoms with Crippen molar-refractivity contribution in [3.05, 3.63) is 77.4 Å². The lowest BCUT2D eigenvalue weighted by Crippen LogP contribution is -2.40. The van der Waals surface area contributed by atoms with E-state index in [0.29, 0.717) is 36.1 Å².